The second-order valence-corrected chi connectivity index (χ2v) is 7.72. The van der Waals surface area contributed by atoms with Gasteiger partial charge in [0.2, 0.25) is 5.89 Å². The van der Waals surface area contributed by atoms with Crippen molar-refractivity contribution in [1.29, 1.82) is 0 Å². The van der Waals surface area contributed by atoms with E-state index in [1.54, 1.807) is 17.6 Å². The third kappa shape index (κ3) is 6.14. The first-order valence-corrected chi connectivity index (χ1v) is 10.5. The number of oxazole rings is 1. The number of thiophene rings is 1. The van der Waals surface area contributed by atoms with Crippen LogP contribution in [0.2, 0.25) is 0 Å². The maximum Gasteiger partial charge on any atom is 0.226 e. The predicted molar refractivity (Wildman–Crippen MR) is 132 cm³/mol. The maximum atomic E-state index is 5.61. The molecule has 0 radical (unpaired) electrons. The average Bonchev–Trinajstić information content (AvgIpc) is 3.52. The number of halogens is 1. The Balaban J connectivity index is 0.00000272. The minimum Gasteiger partial charge on any atom is -0.444 e. The number of aryl methyl sites for hydroxylation is 1. The van der Waals surface area contributed by atoms with Gasteiger partial charge in [-0.3, -0.25) is 0 Å². The van der Waals surface area contributed by atoms with Crippen molar-refractivity contribution in [3.8, 4) is 11.5 Å². The van der Waals surface area contributed by atoms with E-state index in [9.17, 15) is 0 Å². The van der Waals surface area contributed by atoms with Gasteiger partial charge in [0.1, 0.15) is 17.8 Å². The summed E-state index contributed by atoms with van der Waals surface area (Å²) in [5.41, 5.74) is 1.71. The van der Waals surface area contributed by atoms with Gasteiger partial charge in [0, 0.05) is 17.5 Å². The number of rotatable bonds is 7. The molecule has 0 spiro atoms. The molecule has 2 N–H and O–H groups in total. The molecule has 0 bridgehead atoms. The number of aromatic nitrogens is 4. The fourth-order valence-electron chi connectivity index (χ4n) is 2.78. The standard InChI is InChI=1S/C21H23N7OS.HI/c1-15-26-27-19(28(15)2)13-24-21(23-12-18-9-6-10-30-18)22-11-17-14-29-20(25-17)16-7-4-3-5-8-16;/h3-10,14H,11-13H2,1-2H3,(H2,22,23,24);1H. The first kappa shape index (κ1) is 22.9. The van der Waals surface area contributed by atoms with Crippen LogP contribution >= 0.6 is 35.3 Å². The molecule has 0 amide bonds. The van der Waals surface area contributed by atoms with Crippen LogP contribution in [0.15, 0.2) is 63.5 Å². The van der Waals surface area contributed by atoms with Crippen LogP contribution < -0.4 is 10.6 Å². The number of hydrogen-bond donors (Lipinski definition) is 2. The highest BCUT2D eigenvalue weighted by atomic mass is 127. The van der Waals surface area contributed by atoms with Crippen molar-refractivity contribution in [3.63, 3.8) is 0 Å². The molecule has 3 heterocycles. The highest BCUT2D eigenvalue weighted by Gasteiger charge is 2.09. The summed E-state index contributed by atoms with van der Waals surface area (Å²) in [6.07, 6.45) is 1.65. The number of benzene rings is 1. The topological polar surface area (TPSA) is 93.2 Å². The zero-order valence-electron chi connectivity index (χ0n) is 17.3. The van der Waals surface area contributed by atoms with Gasteiger partial charge in [0.05, 0.1) is 19.6 Å². The Hall–Kier alpha value is -2.73. The Labute approximate surface area is 201 Å². The largest absolute Gasteiger partial charge is 0.444 e. The van der Waals surface area contributed by atoms with E-state index in [2.05, 4.69) is 42.3 Å². The molecule has 3 aromatic heterocycles. The second kappa shape index (κ2) is 11.0. The summed E-state index contributed by atoms with van der Waals surface area (Å²) in [4.78, 5) is 10.4. The van der Waals surface area contributed by atoms with Crippen molar-refractivity contribution in [3.05, 3.63) is 76.3 Å². The Morgan fingerprint density at radius 1 is 1.10 bits per heavy atom. The Morgan fingerprint density at radius 2 is 1.90 bits per heavy atom. The SMILES string of the molecule is Cc1nnc(CNC(=NCc2coc(-c3ccccc3)n2)NCc2cccs2)n1C.I. The quantitative estimate of drug-likeness (QED) is 0.207. The van der Waals surface area contributed by atoms with Crippen molar-refractivity contribution in [1.82, 2.24) is 30.4 Å². The Kier molecular flexibility index (Phi) is 8.18. The van der Waals surface area contributed by atoms with Gasteiger partial charge in [-0.05, 0) is 30.5 Å². The third-order valence-corrected chi connectivity index (χ3v) is 5.45. The minimum absolute atomic E-state index is 0. The molecule has 0 fully saturated rings. The van der Waals surface area contributed by atoms with Crippen LogP contribution in [-0.4, -0.2) is 25.7 Å². The summed E-state index contributed by atoms with van der Waals surface area (Å²) >= 11 is 1.70. The van der Waals surface area contributed by atoms with E-state index in [1.807, 2.05) is 54.9 Å². The summed E-state index contributed by atoms with van der Waals surface area (Å²) in [7, 11) is 1.95. The van der Waals surface area contributed by atoms with Crippen LogP contribution in [0.1, 0.15) is 22.2 Å². The van der Waals surface area contributed by atoms with E-state index in [-0.39, 0.29) is 24.0 Å². The van der Waals surface area contributed by atoms with Gasteiger partial charge < -0.3 is 19.6 Å². The van der Waals surface area contributed by atoms with Crippen molar-refractivity contribution in [2.75, 3.05) is 0 Å². The van der Waals surface area contributed by atoms with Gasteiger partial charge in [-0.15, -0.1) is 45.5 Å². The highest BCUT2D eigenvalue weighted by Crippen LogP contribution is 2.18. The average molecular weight is 549 g/mol. The molecule has 8 nitrogen and oxygen atoms in total. The molecule has 10 heteroatoms. The summed E-state index contributed by atoms with van der Waals surface area (Å²) in [5, 5.41) is 17.0. The van der Waals surface area contributed by atoms with E-state index in [4.69, 9.17) is 4.42 Å². The van der Waals surface area contributed by atoms with Crippen molar-refractivity contribution >= 4 is 41.3 Å². The Bertz CT molecular complexity index is 1110. The van der Waals surface area contributed by atoms with Gasteiger partial charge in [0.25, 0.3) is 0 Å². The molecule has 4 rings (SSSR count). The monoisotopic (exact) mass is 549 g/mol. The smallest absolute Gasteiger partial charge is 0.226 e. The molecular formula is C21H24IN7OS. The van der Waals surface area contributed by atoms with Gasteiger partial charge in [-0.1, -0.05) is 24.3 Å². The first-order chi connectivity index (χ1) is 14.7. The number of aliphatic imine (C=N–C) groups is 1. The van der Waals surface area contributed by atoms with E-state index in [1.165, 1.54) is 4.88 Å². The lowest BCUT2D eigenvalue weighted by Crippen LogP contribution is -2.37. The summed E-state index contributed by atoms with van der Waals surface area (Å²) in [5.74, 6) is 2.98. The maximum absolute atomic E-state index is 5.61. The second-order valence-electron chi connectivity index (χ2n) is 6.68. The highest BCUT2D eigenvalue weighted by molar-refractivity contribution is 14.0. The van der Waals surface area contributed by atoms with Crippen molar-refractivity contribution in [2.24, 2.45) is 12.0 Å². The van der Waals surface area contributed by atoms with Crippen LogP contribution in [0.5, 0.6) is 0 Å². The summed E-state index contributed by atoms with van der Waals surface area (Å²) < 4.78 is 7.56. The van der Waals surface area contributed by atoms with Crippen LogP contribution in [0.25, 0.3) is 11.5 Å². The summed E-state index contributed by atoms with van der Waals surface area (Å²) in [6, 6.07) is 14.0. The molecular weight excluding hydrogens is 525 g/mol. The summed E-state index contributed by atoms with van der Waals surface area (Å²) in [6.45, 7) is 3.53. The first-order valence-electron chi connectivity index (χ1n) is 9.58. The van der Waals surface area contributed by atoms with E-state index in [0.717, 1.165) is 22.9 Å². The van der Waals surface area contributed by atoms with Gasteiger partial charge in [-0.2, -0.15) is 0 Å². The zero-order valence-corrected chi connectivity index (χ0v) is 20.4. The molecule has 0 aliphatic heterocycles. The minimum atomic E-state index is 0. The molecule has 0 saturated carbocycles. The van der Waals surface area contributed by atoms with Crippen LogP contribution in [0, 0.1) is 6.92 Å². The lowest BCUT2D eigenvalue weighted by atomic mass is 10.2. The Morgan fingerprint density at radius 3 is 2.61 bits per heavy atom. The molecule has 0 aliphatic rings. The van der Waals surface area contributed by atoms with Gasteiger partial charge >= 0.3 is 0 Å². The fourth-order valence-corrected chi connectivity index (χ4v) is 3.42. The van der Waals surface area contributed by atoms with Crippen LogP contribution in [0.3, 0.4) is 0 Å². The molecule has 1 aromatic carbocycles. The lowest BCUT2D eigenvalue weighted by molar-refractivity contribution is 0.572. The fraction of sp³-hybridized carbons (Fsp3) is 0.238. The molecule has 0 atom stereocenters. The van der Waals surface area contributed by atoms with E-state index >= 15 is 0 Å². The van der Waals surface area contributed by atoms with Gasteiger partial charge in [-0.25, -0.2) is 9.98 Å². The molecule has 0 saturated heterocycles. The van der Waals surface area contributed by atoms with E-state index < -0.39 is 0 Å². The van der Waals surface area contributed by atoms with Crippen LogP contribution in [-0.2, 0) is 26.7 Å². The lowest BCUT2D eigenvalue weighted by Gasteiger charge is -2.11. The normalized spacial score (nSPS) is 11.2. The molecule has 4 aromatic rings. The molecule has 162 valence electrons. The molecule has 0 unspecified atom stereocenters. The number of nitrogens with zero attached hydrogens (tertiary/aromatic N) is 5. The number of guanidine groups is 1. The number of nitrogens with one attached hydrogen (secondary N) is 2. The van der Waals surface area contributed by atoms with Crippen molar-refractivity contribution < 1.29 is 4.42 Å². The van der Waals surface area contributed by atoms with Crippen molar-refractivity contribution in [2.45, 2.75) is 26.6 Å². The molecule has 0 aliphatic carbocycles. The third-order valence-electron chi connectivity index (χ3n) is 4.58. The van der Waals surface area contributed by atoms with Crippen LogP contribution in [0.4, 0.5) is 0 Å². The molecule has 31 heavy (non-hydrogen) atoms. The zero-order chi connectivity index (χ0) is 20.8. The van der Waals surface area contributed by atoms with E-state index in [0.29, 0.717) is 31.5 Å². The predicted octanol–water partition coefficient (Wildman–Crippen LogP) is 3.89. The number of hydrogen-bond acceptors (Lipinski definition) is 6. The van der Waals surface area contributed by atoms with Gasteiger partial charge in [0.15, 0.2) is 11.8 Å².